The van der Waals surface area contributed by atoms with Gasteiger partial charge in [-0.15, -0.1) is 0 Å². The maximum Gasteiger partial charge on any atom is 0.252 e. The van der Waals surface area contributed by atoms with Crippen molar-refractivity contribution in [1.82, 2.24) is 24.5 Å². The van der Waals surface area contributed by atoms with Gasteiger partial charge >= 0.3 is 0 Å². The van der Waals surface area contributed by atoms with Gasteiger partial charge in [-0.1, -0.05) is 0 Å². The fraction of sp³-hybridized carbons (Fsp3) is 0.625. The zero-order chi connectivity index (χ0) is 16.4. The van der Waals surface area contributed by atoms with Crippen LogP contribution in [-0.4, -0.2) is 49.5 Å². The summed E-state index contributed by atoms with van der Waals surface area (Å²) < 4.78 is 1.73. The molecule has 0 aliphatic carbocycles. The number of amides is 1. The highest BCUT2D eigenvalue weighted by Gasteiger charge is 2.19. The first-order valence-corrected chi connectivity index (χ1v) is 8.25. The summed E-state index contributed by atoms with van der Waals surface area (Å²) in [5.74, 6) is 0.813. The second kappa shape index (κ2) is 6.62. The largest absolute Gasteiger partial charge is 0.343 e. The van der Waals surface area contributed by atoms with Crippen molar-refractivity contribution in [3.05, 3.63) is 23.3 Å². The number of aryl methyl sites for hydroxylation is 2. The molecule has 0 spiro atoms. The van der Waals surface area contributed by atoms with Gasteiger partial charge in [0.2, 0.25) is 5.91 Å². The number of likely N-dealkylation sites (tertiary alicyclic amines) is 1. The Labute approximate surface area is 135 Å². The number of carbonyl (C=O) groups excluding carboxylic acids is 1. The van der Waals surface area contributed by atoms with Crippen LogP contribution in [0.1, 0.15) is 42.6 Å². The van der Waals surface area contributed by atoms with Gasteiger partial charge in [0, 0.05) is 36.9 Å². The van der Waals surface area contributed by atoms with Crippen LogP contribution in [-0.2, 0) is 11.2 Å². The summed E-state index contributed by atoms with van der Waals surface area (Å²) in [6.07, 6.45) is 5.59. The van der Waals surface area contributed by atoms with E-state index in [1.54, 1.807) is 4.52 Å². The maximum atomic E-state index is 12.5. The minimum atomic E-state index is 0.205. The summed E-state index contributed by atoms with van der Waals surface area (Å²) >= 11 is 0. The Morgan fingerprint density at radius 2 is 2.17 bits per heavy atom. The SMILES string of the molecule is Cc1nc2ncnn2c(C)c1CCC(=O)N1CCC[C@H](N)CC1. The Balaban J connectivity index is 1.69. The van der Waals surface area contributed by atoms with Crippen LogP contribution in [0.15, 0.2) is 6.33 Å². The molecule has 2 aromatic rings. The van der Waals surface area contributed by atoms with Crippen LogP contribution in [0.3, 0.4) is 0 Å². The molecule has 1 amide bonds. The van der Waals surface area contributed by atoms with Gasteiger partial charge < -0.3 is 10.6 Å². The lowest BCUT2D eigenvalue weighted by Gasteiger charge is -2.21. The van der Waals surface area contributed by atoms with E-state index in [2.05, 4.69) is 15.1 Å². The molecule has 0 bridgehead atoms. The Kier molecular flexibility index (Phi) is 4.56. The average molecular weight is 316 g/mol. The van der Waals surface area contributed by atoms with Gasteiger partial charge in [-0.25, -0.2) is 9.50 Å². The summed E-state index contributed by atoms with van der Waals surface area (Å²) in [5, 5.41) is 4.19. The molecule has 1 aliphatic rings. The summed E-state index contributed by atoms with van der Waals surface area (Å²) in [6.45, 7) is 5.57. The van der Waals surface area contributed by atoms with Crippen molar-refractivity contribution >= 4 is 11.7 Å². The van der Waals surface area contributed by atoms with Crippen LogP contribution in [0.4, 0.5) is 0 Å². The third kappa shape index (κ3) is 3.34. The summed E-state index contributed by atoms with van der Waals surface area (Å²) in [6, 6.07) is 0.233. The molecule has 0 unspecified atom stereocenters. The molecule has 3 heterocycles. The average Bonchev–Trinajstić information content (AvgIpc) is 2.87. The van der Waals surface area contributed by atoms with E-state index in [0.717, 1.165) is 49.3 Å². The summed E-state index contributed by atoms with van der Waals surface area (Å²) in [4.78, 5) is 23.0. The first-order chi connectivity index (χ1) is 11.1. The van der Waals surface area contributed by atoms with Crippen molar-refractivity contribution in [1.29, 1.82) is 0 Å². The van der Waals surface area contributed by atoms with Crippen LogP contribution in [0.25, 0.3) is 5.78 Å². The van der Waals surface area contributed by atoms with Crippen molar-refractivity contribution in [3.63, 3.8) is 0 Å². The molecule has 0 radical (unpaired) electrons. The van der Waals surface area contributed by atoms with Crippen LogP contribution < -0.4 is 5.73 Å². The van der Waals surface area contributed by atoms with E-state index >= 15 is 0 Å². The molecule has 1 saturated heterocycles. The first-order valence-electron chi connectivity index (χ1n) is 8.25. The van der Waals surface area contributed by atoms with Gasteiger partial charge in [-0.3, -0.25) is 4.79 Å². The lowest BCUT2D eigenvalue weighted by Crippen LogP contribution is -2.33. The normalized spacial score (nSPS) is 19.1. The molecule has 1 atom stereocenters. The lowest BCUT2D eigenvalue weighted by atomic mass is 10.1. The number of hydrogen-bond acceptors (Lipinski definition) is 5. The van der Waals surface area contributed by atoms with Crippen LogP contribution >= 0.6 is 0 Å². The maximum absolute atomic E-state index is 12.5. The minimum absolute atomic E-state index is 0.205. The van der Waals surface area contributed by atoms with Crippen LogP contribution in [0, 0.1) is 13.8 Å². The fourth-order valence-corrected chi connectivity index (χ4v) is 3.28. The third-order valence-electron chi connectivity index (χ3n) is 4.70. The number of nitrogens with zero attached hydrogens (tertiary/aromatic N) is 5. The van der Waals surface area contributed by atoms with E-state index in [-0.39, 0.29) is 11.9 Å². The highest BCUT2D eigenvalue weighted by atomic mass is 16.2. The van der Waals surface area contributed by atoms with Crippen molar-refractivity contribution in [3.8, 4) is 0 Å². The Morgan fingerprint density at radius 3 is 3.00 bits per heavy atom. The zero-order valence-corrected chi connectivity index (χ0v) is 13.8. The van der Waals surface area contributed by atoms with Gasteiger partial charge in [0.25, 0.3) is 5.78 Å². The van der Waals surface area contributed by atoms with Gasteiger partial charge in [0.05, 0.1) is 0 Å². The number of hydrogen-bond donors (Lipinski definition) is 1. The monoisotopic (exact) mass is 316 g/mol. The number of rotatable bonds is 3. The van der Waals surface area contributed by atoms with Crippen molar-refractivity contribution < 1.29 is 4.79 Å². The molecule has 0 saturated carbocycles. The molecule has 7 nitrogen and oxygen atoms in total. The van der Waals surface area contributed by atoms with Crippen molar-refractivity contribution in [2.45, 2.75) is 52.0 Å². The van der Waals surface area contributed by atoms with Crippen LogP contribution in [0.2, 0.25) is 0 Å². The zero-order valence-electron chi connectivity index (χ0n) is 13.8. The summed E-state index contributed by atoms with van der Waals surface area (Å²) in [5.41, 5.74) is 9.00. The Morgan fingerprint density at radius 1 is 1.35 bits per heavy atom. The predicted octanol–water partition coefficient (Wildman–Crippen LogP) is 1.01. The predicted molar refractivity (Wildman–Crippen MR) is 87.0 cm³/mol. The standard InChI is InChI=1S/C16H24N6O/c1-11-14(12(2)22-16(20-11)18-10-19-22)5-6-15(23)21-8-3-4-13(17)7-9-21/h10,13H,3-9,17H2,1-2H3/t13-/m0/s1. The lowest BCUT2D eigenvalue weighted by molar-refractivity contribution is -0.131. The number of aromatic nitrogens is 4. The molecule has 7 heteroatoms. The second-order valence-electron chi connectivity index (χ2n) is 6.30. The quantitative estimate of drug-likeness (QED) is 0.913. The molecule has 124 valence electrons. The van der Waals surface area contributed by atoms with Crippen LogP contribution in [0.5, 0.6) is 0 Å². The number of nitrogens with two attached hydrogens (primary N) is 1. The summed E-state index contributed by atoms with van der Waals surface area (Å²) in [7, 11) is 0. The molecule has 1 fully saturated rings. The van der Waals surface area contributed by atoms with E-state index < -0.39 is 0 Å². The topological polar surface area (TPSA) is 89.4 Å². The molecule has 1 aliphatic heterocycles. The molecule has 23 heavy (non-hydrogen) atoms. The minimum Gasteiger partial charge on any atom is -0.343 e. The Hall–Kier alpha value is -2.02. The smallest absolute Gasteiger partial charge is 0.252 e. The van der Waals surface area contributed by atoms with E-state index in [4.69, 9.17) is 5.73 Å². The van der Waals surface area contributed by atoms with Gasteiger partial charge in [-0.05, 0) is 45.1 Å². The molecule has 2 N–H and O–H groups in total. The van der Waals surface area contributed by atoms with Gasteiger partial charge in [-0.2, -0.15) is 10.1 Å². The van der Waals surface area contributed by atoms with E-state index in [1.807, 2.05) is 18.7 Å². The number of fused-ring (bicyclic) bond motifs is 1. The second-order valence-corrected chi connectivity index (χ2v) is 6.30. The molecular formula is C16H24N6O. The van der Waals surface area contributed by atoms with E-state index in [1.165, 1.54) is 6.33 Å². The highest BCUT2D eigenvalue weighted by molar-refractivity contribution is 5.76. The van der Waals surface area contributed by atoms with Gasteiger partial charge in [0.1, 0.15) is 6.33 Å². The number of carbonyl (C=O) groups is 1. The molecule has 2 aromatic heterocycles. The van der Waals surface area contributed by atoms with E-state index in [9.17, 15) is 4.79 Å². The third-order valence-corrected chi connectivity index (χ3v) is 4.70. The van der Waals surface area contributed by atoms with E-state index in [0.29, 0.717) is 18.6 Å². The van der Waals surface area contributed by atoms with Gasteiger partial charge in [0.15, 0.2) is 0 Å². The highest BCUT2D eigenvalue weighted by Crippen LogP contribution is 2.16. The van der Waals surface area contributed by atoms with Crippen molar-refractivity contribution in [2.75, 3.05) is 13.1 Å². The molecule has 3 rings (SSSR count). The fourth-order valence-electron chi connectivity index (χ4n) is 3.28. The molecular weight excluding hydrogens is 292 g/mol. The first kappa shape index (κ1) is 15.9. The Bertz CT molecular complexity index is 710. The molecule has 0 aromatic carbocycles. The van der Waals surface area contributed by atoms with Crippen molar-refractivity contribution in [2.24, 2.45) is 5.73 Å².